The van der Waals surface area contributed by atoms with Crippen molar-refractivity contribution in [2.75, 3.05) is 7.11 Å². The first-order valence-electron chi connectivity index (χ1n) is 7.69. The summed E-state index contributed by atoms with van der Waals surface area (Å²) in [5.41, 5.74) is -3.98. The number of benzene rings is 1. The molecule has 0 amide bonds. The molecule has 0 unspecified atom stereocenters. The van der Waals surface area contributed by atoms with Crippen molar-refractivity contribution in [2.24, 2.45) is 0 Å². The van der Waals surface area contributed by atoms with Crippen LogP contribution in [-0.4, -0.2) is 23.7 Å². The molecule has 1 aromatic heterocycles. The number of esters is 1. The maximum atomic E-state index is 14.4. The summed E-state index contributed by atoms with van der Waals surface area (Å²) < 4.78 is 64.9. The number of pyridine rings is 1. The number of methoxy groups -OCH3 is 1. The van der Waals surface area contributed by atoms with Gasteiger partial charge >= 0.3 is 12.1 Å². The van der Waals surface area contributed by atoms with Gasteiger partial charge in [-0.1, -0.05) is 17.7 Å². The van der Waals surface area contributed by atoms with Crippen molar-refractivity contribution in [3.8, 4) is 17.0 Å². The standard InChI is InChI=1S/C18H16ClF4NO3/c1-17(2,3)27-16(25)13-10(18(21,22)23)8-11(24-15(13)19)9-6-5-7-12(26-4)14(9)20/h5-8H,1-4H3. The van der Waals surface area contributed by atoms with Gasteiger partial charge in [0.25, 0.3) is 0 Å². The van der Waals surface area contributed by atoms with Crippen molar-refractivity contribution >= 4 is 17.6 Å². The number of carbonyl (C=O) groups excluding carboxylic acids is 1. The zero-order valence-corrected chi connectivity index (χ0v) is 15.6. The van der Waals surface area contributed by atoms with E-state index in [4.69, 9.17) is 21.1 Å². The smallest absolute Gasteiger partial charge is 0.417 e. The van der Waals surface area contributed by atoms with E-state index < -0.39 is 45.5 Å². The third kappa shape index (κ3) is 4.68. The molecule has 0 aliphatic rings. The van der Waals surface area contributed by atoms with E-state index in [0.717, 1.165) is 0 Å². The zero-order valence-electron chi connectivity index (χ0n) is 14.9. The summed E-state index contributed by atoms with van der Waals surface area (Å²) in [6.45, 7) is 4.50. The molecule has 0 spiro atoms. The zero-order chi connectivity index (χ0) is 20.6. The second-order valence-corrected chi connectivity index (χ2v) is 6.90. The van der Waals surface area contributed by atoms with Crippen LogP contribution in [0.4, 0.5) is 17.6 Å². The van der Waals surface area contributed by atoms with Crippen molar-refractivity contribution in [3.05, 3.63) is 46.4 Å². The Morgan fingerprint density at radius 2 is 1.81 bits per heavy atom. The number of aromatic nitrogens is 1. The highest BCUT2D eigenvalue weighted by molar-refractivity contribution is 6.32. The first kappa shape index (κ1) is 21.0. The van der Waals surface area contributed by atoms with Crippen molar-refractivity contribution in [1.29, 1.82) is 0 Å². The van der Waals surface area contributed by atoms with Crippen LogP contribution < -0.4 is 4.74 Å². The van der Waals surface area contributed by atoms with Crippen LogP contribution in [0.3, 0.4) is 0 Å². The Bertz CT molecular complexity index is 876. The molecule has 9 heteroatoms. The third-order valence-corrected chi connectivity index (χ3v) is 3.62. The van der Waals surface area contributed by atoms with Crippen LogP contribution in [0.2, 0.25) is 5.15 Å². The van der Waals surface area contributed by atoms with Gasteiger partial charge in [-0.05, 0) is 39.0 Å². The normalized spacial score (nSPS) is 12.0. The Kier molecular flexibility index (Phi) is 5.70. The number of halogens is 5. The maximum Gasteiger partial charge on any atom is 0.417 e. The van der Waals surface area contributed by atoms with Crippen LogP contribution in [-0.2, 0) is 10.9 Å². The molecular weight excluding hydrogens is 390 g/mol. The molecule has 0 fully saturated rings. The monoisotopic (exact) mass is 405 g/mol. The molecule has 0 atom stereocenters. The first-order chi connectivity index (χ1) is 12.3. The molecule has 27 heavy (non-hydrogen) atoms. The molecule has 0 radical (unpaired) electrons. The number of ether oxygens (including phenoxy) is 2. The number of rotatable bonds is 3. The van der Waals surface area contributed by atoms with Gasteiger partial charge in [-0.25, -0.2) is 14.2 Å². The molecule has 2 aromatic rings. The summed E-state index contributed by atoms with van der Waals surface area (Å²) in [5, 5.41) is -0.740. The molecule has 1 aromatic carbocycles. The highest BCUT2D eigenvalue weighted by atomic mass is 35.5. The molecule has 0 aliphatic heterocycles. The van der Waals surface area contributed by atoms with Gasteiger partial charge in [0.05, 0.1) is 18.4 Å². The second kappa shape index (κ2) is 7.34. The fourth-order valence-corrected chi connectivity index (χ4v) is 2.54. The lowest BCUT2D eigenvalue weighted by molar-refractivity contribution is -0.138. The molecule has 146 valence electrons. The minimum Gasteiger partial charge on any atom is -0.494 e. The quantitative estimate of drug-likeness (QED) is 0.383. The molecule has 0 aliphatic carbocycles. The highest BCUT2D eigenvalue weighted by Gasteiger charge is 2.39. The summed E-state index contributed by atoms with van der Waals surface area (Å²) in [6.07, 6.45) is -4.94. The fraction of sp³-hybridized carbons (Fsp3) is 0.333. The van der Waals surface area contributed by atoms with Crippen LogP contribution in [0.1, 0.15) is 36.7 Å². The molecule has 2 rings (SSSR count). The Hall–Kier alpha value is -2.35. The molecule has 0 saturated carbocycles. The molecular formula is C18H16ClF4NO3. The number of alkyl halides is 3. The minimum absolute atomic E-state index is 0.171. The lowest BCUT2D eigenvalue weighted by Crippen LogP contribution is -2.26. The van der Waals surface area contributed by atoms with Crippen LogP contribution >= 0.6 is 11.6 Å². The van der Waals surface area contributed by atoms with E-state index in [9.17, 15) is 22.4 Å². The van der Waals surface area contributed by atoms with Gasteiger partial charge in [0.15, 0.2) is 11.6 Å². The van der Waals surface area contributed by atoms with Crippen LogP contribution in [0.25, 0.3) is 11.3 Å². The number of carbonyl (C=O) groups is 1. The van der Waals surface area contributed by atoms with Crippen LogP contribution in [0.5, 0.6) is 5.75 Å². The average Bonchev–Trinajstić information content (AvgIpc) is 2.51. The van der Waals surface area contributed by atoms with E-state index >= 15 is 0 Å². The summed E-state index contributed by atoms with van der Waals surface area (Å²) in [5.74, 6) is -2.35. The molecule has 0 bridgehead atoms. The van der Waals surface area contributed by atoms with Crippen molar-refractivity contribution < 1.29 is 31.8 Å². The third-order valence-electron chi connectivity index (χ3n) is 3.34. The Labute approximate surface area is 158 Å². The van der Waals surface area contributed by atoms with Crippen molar-refractivity contribution in [2.45, 2.75) is 32.5 Å². The minimum atomic E-state index is -4.94. The van der Waals surface area contributed by atoms with Gasteiger partial charge < -0.3 is 9.47 Å². The van der Waals surface area contributed by atoms with Crippen molar-refractivity contribution in [1.82, 2.24) is 4.98 Å². The largest absolute Gasteiger partial charge is 0.494 e. The van der Waals surface area contributed by atoms with Gasteiger partial charge in [-0.15, -0.1) is 0 Å². The fourth-order valence-electron chi connectivity index (χ4n) is 2.27. The van der Waals surface area contributed by atoms with E-state index in [1.165, 1.54) is 46.1 Å². The second-order valence-electron chi connectivity index (χ2n) is 6.54. The Morgan fingerprint density at radius 1 is 1.19 bits per heavy atom. The van der Waals surface area contributed by atoms with E-state index in [1.807, 2.05) is 0 Å². The van der Waals surface area contributed by atoms with Gasteiger partial charge in [0.1, 0.15) is 16.3 Å². The average molecular weight is 406 g/mol. The predicted molar refractivity (Wildman–Crippen MR) is 91.4 cm³/mol. The highest BCUT2D eigenvalue weighted by Crippen LogP contribution is 2.39. The number of hydrogen-bond acceptors (Lipinski definition) is 4. The Morgan fingerprint density at radius 3 is 2.33 bits per heavy atom. The summed E-state index contributed by atoms with van der Waals surface area (Å²) in [7, 11) is 1.22. The van der Waals surface area contributed by atoms with Crippen LogP contribution in [0.15, 0.2) is 24.3 Å². The number of nitrogens with zero attached hydrogens (tertiary/aromatic N) is 1. The lowest BCUT2D eigenvalue weighted by atomic mass is 10.0. The summed E-state index contributed by atoms with van der Waals surface area (Å²) in [4.78, 5) is 16.0. The van der Waals surface area contributed by atoms with Crippen LogP contribution in [0, 0.1) is 5.82 Å². The van der Waals surface area contributed by atoms with Gasteiger partial charge in [0.2, 0.25) is 0 Å². The topological polar surface area (TPSA) is 48.4 Å². The SMILES string of the molecule is COc1cccc(-c2cc(C(F)(F)F)c(C(=O)OC(C)(C)C)c(Cl)n2)c1F. The Balaban J connectivity index is 2.70. The molecule has 0 saturated heterocycles. The van der Waals surface area contributed by atoms with Gasteiger partial charge in [-0.3, -0.25) is 0 Å². The predicted octanol–water partition coefficient (Wildman–Crippen LogP) is 5.52. The van der Waals surface area contributed by atoms with Gasteiger partial charge in [0, 0.05) is 5.56 Å². The lowest BCUT2D eigenvalue weighted by Gasteiger charge is -2.22. The van der Waals surface area contributed by atoms with E-state index in [0.29, 0.717) is 6.07 Å². The van der Waals surface area contributed by atoms with Crippen molar-refractivity contribution in [3.63, 3.8) is 0 Å². The summed E-state index contributed by atoms with van der Waals surface area (Å²) in [6, 6.07) is 4.48. The first-order valence-corrected chi connectivity index (χ1v) is 8.07. The maximum absolute atomic E-state index is 14.4. The molecule has 4 nitrogen and oxygen atoms in total. The molecule has 1 heterocycles. The van der Waals surface area contributed by atoms with Gasteiger partial charge in [-0.2, -0.15) is 13.2 Å². The van der Waals surface area contributed by atoms with E-state index in [-0.39, 0.29) is 11.3 Å². The number of hydrogen-bond donors (Lipinski definition) is 0. The van der Waals surface area contributed by atoms with E-state index in [2.05, 4.69) is 4.98 Å². The molecule has 0 N–H and O–H groups in total. The van der Waals surface area contributed by atoms with E-state index in [1.54, 1.807) is 0 Å². The summed E-state index contributed by atoms with van der Waals surface area (Å²) >= 11 is 5.87.